The van der Waals surface area contributed by atoms with Crippen molar-refractivity contribution in [1.82, 2.24) is 0 Å². The molecule has 0 bridgehead atoms. The molecule has 0 saturated heterocycles. The number of hydrogen-bond acceptors (Lipinski definition) is 2. The lowest BCUT2D eigenvalue weighted by Crippen LogP contribution is -2.23. The van der Waals surface area contributed by atoms with Crippen molar-refractivity contribution >= 4 is 11.9 Å². The number of fused-ring (bicyclic) bond motifs is 1. The molecule has 4 rings (SSSR count). The van der Waals surface area contributed by atoms with Crippen LogP contribution >= 0.6 is 0 Å². The maximum atomic E-state index is 13.3. The molecule has 0 fully saturated rings. The Bertz CT molecular complexity index is 1020. The molecule has 0 aliphatic carbocycles. The lowest BCUT2D eigenvalue weighted by Gasteiger charge is -2.28. The summed E-state index contributed by atoms with van der Waals surface area (Å²) in [6.07, 6.45) is 1.55. The summed E-state index contributed by atoms with van der Waals surface area (Å²) in [6, 6.07) is 25.8. The second-order valence-corrected chi connectivity index (χ2v) is 8.21. The minimum atomic E-state index is -0.411. The molecule has 2 heteroatoms. The Morgan fingerprint density at radius 2 is 1.46 bits per heavy atom. The van der Waals surface area contributed by atoms with Crippen LogP contribution in [0.1, 0.15) is 53.9 Å². The van der Waals surface area contributed by atoms with Crippen molar-refractivity contribution in [3.05, 3.63) is 107 Å². The van der Waals surface area contributed by atoms with Crippen LogP contribution in [-0.4, -0.2) is 5.78 Å². The average Bonchev–Trinajstić information content (AvgIpc) is 2.70. The summed E-state index contributed by atoms with van der Waals surface area (Å²) in [4.78, 5) is 13.3. The highest BCUT2D eigenvalue weighted by atomic mass is 16.5. The first-order valence-electron chi connectivity index (χ1n) is 9.61. The number of rotatable bonds is 2. The van der Waals surface area contributed by atoms with Gasteiger partial charge in [-0.2, -0.15) is 0 Å². The zero-order valence-corrected chi connectivity index (χ0v) is 16.5. The average molecular weight is 368 g/mol. The van der Waals surface area contributed by atoms with Crippen LogP contribution < -0.4 is 4.74 Å². The van der Waals surface area contributed by atoms with E-state index in [9.17, 15) is 4.79 Å². The summed E-state index contributed by atoms with van der Waals surface area (Å²) in [5, 5.41) is 0. The standard InChI is InChI=1S/C26H24O2/c1-26(2,3)20-15-13-18(14-16-20)17-22-24(27)21-11-7-8-12-23(21)28-25(22)19-9-5-4-6-10-19/h4-17,25H,1-3H3. The van der Waals surface area contributed by atoms with E-state index in [1.165, 1.54) is 5.56 Å². The van der Waals surface area contributed by atoms with Gasteiger partial charge in [-0.25, -0.2) is 0 Å². The SMILES string of the molecule is CC(C)(C)c1ccc(C=C2C(=O)c3ccccc3OC2c2ccccc2)cc1. The molecule has 3 aromatic rings. The minimum Gasteiger partial charge on any atom is -0.480 e. The van der Waals surface area contributed by atoms with Crippen molar-refractivity contribution in [1.29, 1.82) is 0 Å². The van der Waals surface area contributed by atoms with Gasteiger partial charge in [0.2, 0.25) is 0 Å². The third-order valence-electron chi connectivity index (χ3n) is 5.12. The van der Waals surface area contributed by atoms with Crippen molar-refractivity contribution in [3.63, 3.8) is 0 Å². The summed E-state index contributed by atoms with van der Waals surface area (Å²) in [5.41, 5.74) is 4.62. The Kier molecular flexibility index (Phi) is 4.64. The molecule has 1 aliphatic heterocycles. The van der Waals surface area contributed by atoms with E-state index < -0.39 is 6.10 Å². The summed E-state index contributed by atoms with van der Waals surface area (Å²) in [5.74, 6) is 0.664. The van der Waals surface area contributed by atoms with E-state index in [-0.39, 0.29) is 11.2 Å². The molecule has 0 N–H and O–H groups in total. The Balaban J connectivity index is 1.79. The van der Waals surface area contributed by atoms with Crippen LogP contribution in [0.5, 0.6) is 5.75 Å². The summed E-state index contributed by atoms with van der Waals surface area (Å²) in [7, 11) is 0. The van der Waals surface area contributed by atoms with Gasteiger partial charge in [-0.05, 0) is 40.3 Å². The molecular weight excluding hydrogens is 344 g/mol. The van der Waals surface area contributed by atoms with Crippen LogP contribution in [0, 0.1) is 0 Å². The van der Waals surface area contributed by atoms with E-state index in [0.717, 1.165) is 11.1 Å². The van der Waals surface area contributed by atoms with Gasteiger partial charge in [0.05, 0.1) is 5.56 Å². The minimum absolute atomic E-state index is 0.0237. The molecule has 0 saturated carbocycles. The Morgan fingerprint density at radius 3 is 2.14 bits per heavy atom. The summed E-state index contributed by atoms with van der Waals surface area (Å²) < 4.78 is 6.26. The predicted octanol–water partition coefficient (Wildman–Crippen LogP) is 6.38. The van der Waals surface area contributed by atoms with Gasteiger partial charge in [-0.1, -0.05) is 87.5 Å². The molecule has 1 atom stereocenters. The molecule has 0 spiro atoms. The van der Waals surface area contributed by atoms with Crippen molar-refractivity contribution < 1.29 is 9.53 Å². The highest BCUT2D eigenvalue weighted by Crippen LogP contribution is 2.39. The third kappa shape index (κ3) is 3.50. The van der Waals surface area contributed by atoms with E-state index in [4.69, 9.17) is 4.74 Å². The highest BCUT2D eigenvalue weighted by molar-refractivity contribution is 6.14. The molecule has 1 unspecified atom stereocenters. The van der Waals surface area contributed by atoms with E-state index in [0.29, 0.717) is 16.9 Å². The zero-order valence-electron chi connectivity index (χ0n) is 16.5. The number of Topliss-reactive ketones (excluding diaryl/α,β-unsaturated/α-hetero) is 1. The second-order valence-electron chi connectivity index (χ2n) is 8.21. The fourth-order valence-corrected chi connectivity index (χ4v) is 3.50. The smallest absolute Gasteiger partial charge is 0.196 e. The van der Waals surface area contributed by atoms with Crippen LogP contribution in [0.15, 0.2) is 84.4 Å². The van der Waals surface area contributed by atoms with Crippen LogP contribution in [0.4, 0.5) is 0 Å². The maximum Gasteiger partial charge on any atom is 0.196 e. The maximum absolute atomic E-state index is 13.3. The largest absolute Gasteiger partial charge is 0.480 e. The van der Waals surface area contributed by atoms with Crippen molar-refractivity contribution in [2.24, 2.45) is 0 Å². The van der Waals surface area contributed by atoms with E-state index in [2.05, 4.69) is 45.0 Å². The van der Waals surface area contributed by atoms with Crippen LogP contribution in [0.3, 0.4) is 0 Å². The molecule has 1 aliphatic rings. The van der Waals surface area contributed by atoms with E-state index in [1.807, 2.05) is 60.7 Å². The molecular formula is C26H24O2. The van der Waals surface area contributed by atoms with Gasteiger partial charge in [-0.15, -0.1) is 0 Å². The molecule has 1 heterocycles. The molecule has 3 aromatic carbocycles. The first-order valence-corrected chi connectivity index (χ1v) is 9.61. The number of ketones is 1. The van der Waals surface area contributed by atoms with Gasteiger partial charge in [0.15, 0.2) is 11.9 Å². The quantitative estimate of drug-likeness (QED) is 0.490. The van der Waals surface area contributed by atoms with Crippen LogP contribution in [0.25, 0.3) is 6.08 Å². The Hall–Kier alpha value is -3.13. The van der Waals surface area contributed by atoms with Gasteiger partial charge >= 0.3 is 0 Å². The topological polar surface area (TPSA) is 26.3 Å². The van der Waals surface area contributed by atoms with Gasteiger partial charge in [-0.3, -0.25) is 4.79 Å². The van der Waals surface area contributed by atoms with Gasteiger partial charge in [0.25, 0.3) is 0 Å². The predicted molar refractivity (Wildman–Crippen MR) is 114 cm³/mol. The second kappa shape index (κ2) is 7.12. The lowest BCUT2D eigenvalue weighted by atomic mass is 9.86. The van der Waals surface area contributed by atoms with Crippen molar-refractivity contribution in [2.75, 3.05) is 0 Å². The van der Waals surface area contributed by atoms with E-state index in [1.54, 1.807) is 0 Å². The first kappa shape index (κ1) is 18.2. The van der Waals surface area contributed by atoms with Gasteiger partial charge in [0.1, 0.15) is 5.75 Å². The highest BCUT2D eigenvalue weighted by Gasteiger charge is 2.32. The monoisotopic (exact) mass is 368 g/mol. The van der Waals surface area contributed by atoms with Crippen LogP contribution in [-0.2, 0) is 5.41 Å². The molecule has 0 aromatic heterocycles. The zero-order chi connectivity index (χ0) is 19.7. The molecule has 140 valence electrons. The Labute approximate surface area is 166 Å². The Morgan fingerprint density at radius 1 is 0.821 bits per heavy atom. The molecule has 0 radical (unpaired) electrons. The number of ether oxygens (including phenoxy) is 1. The van der Waals surface area contributed by atoms with Crippen molar-refractivity contribution in [2.45, 2.75) is 32.3 Å². The fourth-order valence-electron chi connectivity index (χ4n) is 3.50. The molecule has 0 amide bonds. The van der Waals surface area contributed by atoms with Crippen molar-refractivity contribution in [3.8, 4) is 5.75 Å². The number of hydrogen-bond donors (Lipinski definition) is 0. The number of carbonyl (C=O) groups excluding carboxylic acids is 1. The number of carbonyl (C=O) groups is 1. The molecule has 28 heavy (non-hydrogen) atoms. The van der Waals surface area contributed by atoms with E-state index >= 15 is 0 Å². The summed E-state index contributed by atoms with van der Waals surface area (Å²) >= 11 is 0. The lowest BCUT2D eigenvalue weighted by molar-refractivity contribution is 0.0963. The van der Waals surface area contributed by atoms with Crippen LogP contribution in [0.2, 0.25) is 0 Å². The number of benzene rings is 3. The molecule has 2 nitrogen and oxygen atoms in total. The van der Waals surface area contributed by atoms with Gasteiger partial charge < -0.3 is 4.74 Å². The van der Waals surface area contributed by atoms with Gasteiger partial charge in [0, 0.05) is 5.57 Å². The number of para-hydroxylation sites is 1. The first-order chi connectivity index (χ1) is 13.4. The normalized spacial score (nSPS) is 17.9. The summed E-state index contributed by atoms with van der Waals surface area (Å²) in [6.45, 7) is 6.59. The third-order valence-corrected chi connectivity index (χ3v) is 5.12. The fraction of sp³-hybridized carbons (Fsp3) is 0.192.